The first-order valence-corrected chi connectivity index (χ1v) is 8.63. The van der Waals surface area contributed by atoms with Crippen LogP contribution in [0.3, 0.4) is 0 Å². The molecule has 2 aromatic rings. The van der Waals surface area contributed by atoms with Gasteiger partial charge in [-0.3, -0.25) is 9.59 Å². The van der Waals surface area contributed by atoms with Gasteiger partial charge in [0.25, 0.3) is 11.8 Å². The van der Waals surface area contributed by atoms with E-state index in [4.69, 9.17) is 5.26 Å². The average Bonchev–Trinajstić information content (AvgIpc) is 2.93. The number of alkyl halides is 2. The molecule has 1 aliphatic heterocycles. The number of nitriles is 1. The Balaban J connectivity index is 1.73. The van der Waals surface area contributed by atoms with Gasteiger partial charge in [-0.1, -0.05) is 34.1 Å². The first-order valence-electron chi connectivity index (χ1n) is 7.84. The van der Waals surface area contributed by atoms with E-state index in [1.807, 2.05) is 18.2 Å². The van der Waals surface area contributed by atoms with Crippen LogP contribution in [0.5, 0.6) is 0 Å². The normalized spacial score (nSPS) is 18.5. The Morgan fingerprint density at radius 2 is 2.12 bits per heavy atom. The quantitative estimate of drug-likeness (QED) is 0.827. The van der Waals surface area contributed by atoms with Gasteiger partial charge in [0.2, 0.25) is 5.91 Å². The molecule has 0 aliphatic carbocycles. The molecule has 1 atom stereocenters. The molecule has 0 spiro atoms. The molecule has 26 heavy (non-hydrogen) atoms. The molecule has 1 N–H and O–H groups in total. The molecule has 0 saturated carbocycles. The number of amides is 2. The van der Waals surface area contributed by atoms with Gasteiger partial charge in [-0.2, -0.15) is 5.26 Å². The molecule has 1 fully saturated rings. The van der Waals surface area contributed by atoms with E-state index in [1.165, 1.54) is 0 Å². The fourth-order valence-electron chi connectivity index (χ4n) is 2.99. The van der Waals surface area contributed by atoms with Crippen molar-refractivity contribution in [2.24, 2.45) is 0 Å². The maximum absolute atomic E-state index is 13.4. The summed E-state index contributed by atoms with van der Waals surface area (Å²) in [4.78, 5) is 25.5. The van der Waals surface area contributed by atoms with Crippen LogP contribution in [-0.4, -0.2) is 41.8 Å². The molecule has 0 bridgehead atoms. The summed E-state index contributed by atoms with van der Waals surface area (Å²) >= 11 is 3.35. The zero-order valence-corrected chi connectivity index (χ0v) is 15.1. The molecular formula is C18H14BrF2N3O2. The Hall–Kier alpha value is -2.53. The maximum atomic E-state index is 13.4. The van der Waals surface area contributed by atoms with Gasteiger partial charge in [0.05, 0.1) is 19.2 Å². The summed E-state index contributed by atoms with van der Waals surface area (Å²) < 4.78 is 27.7. The number of carbonyl (C=O) groups is 2. The van der Waals surface area contributed by atoms with Gasteiger partial charge in [-0.15, -0.1) is 0 Å². The molecule has 1 saturated heterocycles. The molecule has 2 aromatic carbocycles. The molecule has 1 aliphatic rings. The minimum absolute atomic E-state index is 0.375. The molecule has 0 radical (unpaired) electrons. The summed E-state index contributed by atoms with van der Waals surface area (Å²) in [6, 6.07) is 11.2. The van der Waals surface area contributed by atoms with Crippen molar-refractivity contribution in [1.29, 1.82) is 5.26 Å². The van der Waals surface area contributed by atoms with Gasteiger partial charge < -0.3 is 10.2 Å². The first kappa shape index (κ1) is 18.3. The topological polar surface area (TPSA) is 73.2 Å². The molecule has 1 heterocycles. The van der Waals surface area contributed by atoms with E-state index in [0.29, 0.717) is 10.9 Å². The molecular weight excluding hydrogens is 408 g/mol. The van der Waals surface area contributed by atoms with E-state index in [1.54, 1.807) is 24.3 Å². The number of hydrogen-bond donors (Lipinski definition) is 1. The first-order chi connectivity index (χ1) is 12.3. The van der Waals surface area contributed by atoms with Crippen molar-refractivity contribution >= 4 is 38.5 Å². The van der Waals surface area contributed by atoms with Crippen LogP contribution in [0.25, 0.3) is 10.8 Å². The standard InChI is InChI=1S/C18H14BrF2N3O2/c19-12-5-4-11-2-1-3-14(15(11)6-12)17(26)23-9-16(25)24-10-18(20,21)7-13(24)8-22/h1-6,13H,7,9-10H2,(H,23,26). The number of nitrogens with zero attached hydrogens (tertiary/aromatic N) is 2. The molecule has 5 nitrogen and oxygen atoms in total. The predicted octanol–water partition coefficient (Wildman–Crippen LogP) is 3.09. The third-order valence-corrected chi connectivity index (χ3v) is 4.72. The van der Waals surface area contributed by atoms with Gasteiger partial charge in [0.1, 0.15) is 6.04 Å². The van der Waals surface area contributed by atoms with Crippen LogP contribution in [0.4, 0.5) is 8.78 Å². The number of fused-ring (bicyclic) bond motifs is 1. The monoisotopic (exact) mass is 421 g/mol. The minimum atomic E-state index is -3.08. The van der Waals surface area contributed by atoms with Crippen molar-refractivity contribution in [3.05, 3.63) is 46.4 Å². The van der Waals surface area contributed by atoms with Gasteiger partial charge in [-0.25, -0.2) is 8.78 Å². The van der Waals surface area contributed by atoms with E-state index < -0.39 is 43.3 Å². The van der Waals surface area contributed by atoms with Gasteiger partial charge in [0, 0.05) is 16.5 Å². The Bertz CT molecular complexity index is 926. The summed E-state index contributed by atoms with van der Waals surface area (Å²) in [5.74, 6) is -4.27. The number of hydrogen-bond acceptors (Lipinski definition) is 3. The zero-order valence-electron chi connectivity index (χ0n) is 13.5. The predicted molar refractivity (Wildman–Crippen MR) is 94.7 cm³/mol. The van der Waals surface area contributed by atoms with Crippen molar-refractivity contribution in [1.82, 2.24) is 10.2 Å². The largest absolute Gasteiger partial charge is 0.343 e. The molecule has 134 valence electrons. The van der Waals surface area contributed by atoms with Crippen LogP contribution in [0.15, 0.2) is 40.9 Å². The highest BCUT2D eigenvalue weighted by Crippen LogP contribution is 2.31. The SMILES string of the molecule is N#CC1CC(F)(F)CN1C(=O)CNC(=O)c1cccc2ccc(Br)cc12. The molecule has 8 heteroatoms. The van der Waals surface area contributed by atoms with Gasteiger partial charge >= 0.3 is 0 Å². The van der Waals surface area contributed by atoms with Crippen LogP contribution in [-0.2, 0) is 4.79 Å². The lowest BCUT2D eigenvalue weighted by molar-refractivity contribution is -0.131. The summed E-state index contributed by atoms with van der Waals surface area (Å²) in [6.07, 6.45) is -0.680. The van der Waals surface area contributed by atoms with Crippen molar-refractivity contribution in [3.8, 4) is 6.07 Å². The number of likely N-dealkylation sites (tertiary alicyclic amines) is 1. The van der Waals surface area contributed by atoms with E-state index in [2.05, 4.69) is 21.2 Å². The second kappa shape index (κ2) is 7.00. The van der Waals surface area contributed by atoms with Crippen LogP contribution >= 0.6 is 15.9 Å². The highest BCUT2D eigenvalue weighted by atomic mass is 79.9. The lowest BCUT2D eigenvalue weighted by Crippen LogP contribution is -2.43. The summed E-state index contributed by atoms with van der Waals surface area (Å²) in [5.41, 5.74) is 0.375. The molecule has 2 amide bonds. The lowest BCUT2D eigenvalue weighted by atomic mass is 10.0. The molecule has 1 unspecified atom stereocenters. The fourth-order valence-corrected chi connectivity index (χ4v) is 3.35. The Morgan fingerprint density at radius 1 is 1.35 bits per heavy atom. The Labute approximate surface area is 156 Å². The van der Waals surface area contributed by atoms with Crippen LogP contribution in [0.2, 0.25) is 0 Å². The second-order valence-corrected chi connectivity index (χ2v) is 7.00. The highest BCUT2D eigenvalue weighted by Gasteiger charge is 2.47. The smallest absolute Gasteiger partial charge is 0.268 e. The summed E-state index contributed by atoms with van der Waals surface area (Å²) in [5, 5.41) is 13.0. The fraction of sp³-hybridized carbons (Fsp3) is 0.278. The number of nitrogens with one attached hydrogen (secondary N) is 1. The number of benzene rings is 2. The average molecular weight is 422 g/mol. The second-order valence-electron chi connectivity index (χ2n) is 6.08. The third-order valence-electron chi connectivity index (χ3n) is 4.23. The number of rotatable bonds is 3. The van der Waals surface area contributed by atoms with Crippen LogP contribution < -0.4 is 5.32 Å². The third kappa shape index (κ3) is 3.68. The number of halogens is 3. The Morgan fingerprint density at radius 3 is 2.85 bits per heavy atom. The number of carbonyl (C=O) groups excluding carboxylic acids is 2. The highest BCUT2D eigenvalue weighted by molar-refractivity contribution is 9.10. The molecule has 0 aromatic heterocycles. The van der Waals surface area contributed by atoms with Crippen molar-refractivity contribution in [3.63, 3.8) is 0 Å². The van der Waals surface area contributed by atoms with E-state index >= 15 is 0 Å². The Kier molecular flexibility index (Phi) is 4.92. The van der Waals surface area contributed by atoms with E-state index in [-0.39, 0.29) is 0 Å². The zero-order chi connectivity index (χ0) is 18.9. The maximum Gasteiger partial charge on any atom is 0.268 e. The van der Waals surface area contributed by atoms with Crippen molar-refractivity contribution < 1.29 is 18.4 Å². The molecule has 3 rings (SSSR count). The van der Waals surface area contributed by atoms with Gasteiger partial charge in [-0.05, 0) is 29.0 Å². The minimum Gasteiger partial charge on any atom is -0.343 e. The van der Waals surface area contributed by atoms with E-state index in [0.717, 1.165) is 14.8 Å². The van der Waals surface area contributed by atoms with Crippen LogP contribution in [0.1, 0.15) is 16.8 Å². The van der Waals surface area contributed by atoms with Crippen molar-refractivity contribution in [2.45, 2.75) is 18.4 Å². The van der Waals surface area contributed by atoms with Crippen LogP contribution in [0, 0.1) is 11.3 Å². The van der Waals surface area contributed by atoms with Gasteiger partial charge in [0.15, 0.2) is 0 Å². The lowest BCUT2D eigenvalue weighted by Gasteiger charge is -2.19. The van der Waals surface area contributed by atoms with Crippen molar-refractivity contribution in [2.75, 3.05) is 13.1 Å². The summed E-state index contributed by atoms with van der Waals surface area (Å²) in [7, 11) is 0. The van der Waals surface area contributed by atoms with E-state index in [9.17, 15) is 18.4 Å². The summed E-state index contributed by atoms with van der Waals surface area (Å²) in [6.45, 7) is -1.25.